The van der Waals surface area contributed by atoms with Crippen LogP contribution in [0.4, 0.5) is 5.69 Å². The van der Waals surface area contributed by atoms with Crippen molar-refractivity contribution in [2.75, 3.05) is 17.4 Å². The molecule has 4 rings (SSSR count). The molecule has 7 nitrogen and oxygen atoms in total. The first-order chi connectivity index (χ1) is 21.1. The molecule has 0 aliphatic heterocycles. The number of sulfonamides is 1. The second kappa shape index (κ2) is 15.4. The van der Waals surface area contributed by atoms with Crippen LogP contribution in [0.25, 0.3) is 0 Å². The predicted molar refractivity (Wildman–Crippen MR) is 179 cm³/mol. The molecule has 0 aromatic heterocycles. The third-order valence-corrected chi connectivity index (χ3v) is 9.63. The summed E-state index contributed by atoms with van der Waals surface area (Å²) in [4.78, 5) is 29.6. The molecule has 0 heterocycles. The lowest BCUT2D eigenvalue weighted by Gasteiger charge is -2.34. The van der Waals surface area contributed by atoms with Gasteiger partial charge < -0.3 is 10.2 Å². The van der Waals surface area contributed by atoms with E-state index in [-0.39, 0.29) is 23.8 Å². The third-order valence-electron chi connectivity index (χ3n) is 7.06. The molecule has 44 heavy (non-hydrogen) atoms. The molecule has 2 amide bonds. The van der Waals surface area contributed by atoms with Crippen LogP contribution in [-0.4, -0.2) is 44.3 Å². The van der Waals surface area contributed by atoms with Gasteiger partial charge >= 0.3 is 0 Å². The standard InChI is InChI=1S/C34H35BrClN3O4S/c1-3-20-37-34(41)32(22-26-9-5-4-6-10-26)38(23-27-12-14-28(35)15-13-27)33(40)24-39(30-11-7-8-25(2)21-30)44(42,43)31-18-16-29(36)17-19-31/h4-19,21,32H,3,20,22-24H2,1-2H3,(H,37,41). The average Bonchev–Trinajstić information content (AvgIpc) is 3.01. The molecule has 1 N–H and O–H groups in total. The van der Waals surface area contributed by atoms with Crippen LogP contribution in [-0.2, 0) is 32.6 Å². The number of nitrogens with zero attached hydrogens (tertiary/aromatic N) is 2. The zero-order valence-electron chi connectivity index (χ0n) is 24.6. The van der Waals surface area contributed by atoms with E-state index >= 15 is 0 Å². The van der Waals surface area contributed by atoms with Crippen molar-refractivity contribution in [3.63, 3.8) is 0 Å². The largest absolute Gasteiger partial charge is 0.354 e. The predicted octanol–water partition coefficient (Wildman–Crippen LogP) is 6.77. The number of benzene rings is 4. The molecule has 0 aliphatic rings. The molecule has 0 spiro atoms. The molecular formula is C34H35BrClN3O4S. The van der Waals surface area contributed by atoms with Gasteiger partial charge in [-0.3, -0.25) is 13.9 Å². The van der Waals surface area contributed by atoms with Crippen LogP contribution < -0.4 is 9.62 Å². The van der Waals surface area contributed by atoms with E-state index in [4.69, 9.17) is 11.6 Å². The van der Waals surface area contributed by atoms with Gasteiger partial charge in [-0.05, 0) is 78.6 Å². The topological polar surface area (TPSA) is 86.8 Å². The Labute approximate surface area is 273 Å². The summed E-state index contributed by atoms with van der Waals surface area (Å²) in [6.07, 6.45) is 0.984. The van der Waals surface area contributed by atoms with Gasteiger partial charge in [-0.25, -0.2) is 8.42 Å². The summed E-state index contributed by atoms with van der Waals surface area (Å²) in [5.41, 5.74) is 2.85. The van der Waals surface area contributed by atoms with Crippen LogP contribution in [0, 0.1) is 6.92 Å². The van der Waals surface area contributed by atoms with Crippen molar-refractivity contribution in [2.45, 2.75) is 44.2 Å². The van der Waals surface area contributed by atoms with Gasteiger partial charge in [0.2, 0.25) is 11.8 Å². The van der Waals surface area contributed by atoms with E-state index < -0.39 is 28.5 Å². The fraction of sp³-hybridized carbons (Fsp3) is 0.235. The summed E-state index contributed by atoms with van der Waals surface area (Å²) in [6, 6.07) is 28.9. The van der Waals surface area contributed by atoms with Gasteiger partial charge in [0.15, 0.2) is 0 Å². The van der Waals surface area contributed by atoms with Gasteiger partial charge in [-0.1, -0.05) is 89.1 Å². The van der Waals surface area contributed by atoms with Crippen LogP contribution >= 0.6 is 27.5 Å². The number of anilines is 1. The maximum atomic E-state index is 14.4. The number of rotatable bonds is 13. The molecule has 1 atom stereocenters. The molecule has 0 aliphatic carbocycles. The first kappa shape index (κ1) is 33.2. The van der Waals surface area contributed by atoms with Crippen LogP contribution in [0.5, 0.6) is 0 Å². The molecule has 0 saturated heterocycles. The molecule has 0 bridgehead atoms. The van der Waals surface area contributed by atoms with Gasteiger partial charge in [-0.2, -0.15) is 0 Å². The highest BCUT2D eigenvalue weighted by molar-refractivity contribution is 9.10. The Balaban J connectivity index is 1.79. The zero-order chi connectivity index (χ0) is 31.7. The smallest absolute Gasteiger partial charge is 0.264 e. The van der Waals surface area contributed by atoms with Crippen molar-refractivity contribution in [3.8, 4) is 0 Å². The van der Waals surface area contributed by atoms with E-state index in [0.29, 0.717) is 17.3 Å². The van der Waals surface area contributed by atoms with Crippen molar-refractivity contribution in [1.29, 1.82) is 0 Å². The van der Waals surface area contributed by atoms with E-state index in [1.165, 1.54) is 29.2 Å². The first-order valence-corrected chi connectivity index (χ1v) is 16.9. The lowest BCUT2D eigenvalue weighted by Crippen LogP contribution is -2.53. The van der Waals surface area contributed by atoms with Crippen molar-refractivity contribution < 1.29 is 18.0 Å². The fourth-order valence-electron chi connectivity index (χ4n) is 4.75. The number of aryl methyl sites for hydroxylation is 1. The van der Waals surface area contributed by atoms with Crippen LogP contribution in [0.2, 0.25) is 5.02 Å². The lowest BCUT2D eigenvalue weighted by molar-refractivity contribution is -0.140. The van der Waals surface area contributed by atoms with Crippen molar-refractivity contribution in [2.24, 2.45) is 0 Å². The number of hydrogen-bond donors (Lipinski definition) is 1. The highest BCUT2D eigenvalue weighted by Gasteiger charge is 2.34. The van der Waals surface area contributed by atoms with E-state index in [9.17, 15) is 18.0 Å². The van der Waals surface area contributed by atoms with E-state index in [1.807, 2.05) is 74.5 Å². The minimum absolute atomic E-state index is 0.00260. The van der Waals surface area contributed by atoms with E-state index in [2.05, 4.69) is 21.2 Å². The molecule has 4 aromatic carbocycles. The highest BCUT2D eigenvalue weighted by atomic mass is 79.9. The normalized spacial score (nSPS) is 11.9. The molecule has 4 aromatic rings. The maximum Gasteiger partial charge on any atom is 0.264 e. The minimum Gasteiger partial charge on any atom is -0.354 e. The molecule has 10 heteroatoms. The van der Waals surface area contributed by atoms with Gasteiger partial charge in [-0.15, -0.1) is 0 Å². The van der Waals surface area contributed by atoms with Gasteiger partial charge in [0, 0.05) is 29.0 Å². The fourth-order valence-corrected chi connectivity index (χ4v) is 6.55. The van der Waals surface area contributed by atoms with E-state index in [1.54, 1.807) is 18.2 Å². The summed E-state index contributed by atoms with van der Waals surface area (Å²) in [5, 5.41) is 3.35. The SMILES string of the molecule is CCCNC(=O)C(Cc1ccccc1)N(Cc1ccc(Br)cc1)C(=O)CN(c1cccc(C)c1)S(=O)(=O)c1ccc(Cl)cc1. The highest BCUT2D eigenvalue weighted by Crippen LogP contribution is 2.27. The Hall–Kier alpha value is -3.66. The number of nitrogens with one attached hydrogen (secondary N) is 1. The number of hydrogen-bond acceptors (Lipinski definition) is 4. The van der Waals surface area contributed by atoms with Crippen LogP contribution in [0.15, 0.2) is 112 Å². The molecule has 230 valence electrons. The Kier molecular flexibility index (Phi) is 11.6. The molecule has 1 unspecified atom stereocenters. The van der Waals surface area contributed by atoms with E-state index in [0.717, 1.165) is 31.9 Å². The zero-order valence-corrected chi connectivity index (χ0v) is 27.8. The van der Waals surface area contributed by atoms with Gasteiger partial charge in [0.05, 0.1) is 10.6 Å². The Bertz CT molecular complexity index is 1670. The summed E-state index contributed by atoms with van der Waals surface area (Å²) in [5.74, 6) is -0.816. The first-order valence-electron chi connectivity index (χ1n) is 14.3. The summed E-state index contributed by atoms with van der Waals surface area (Å²) < 4.78 is 30.1. The van der Waals surface area contributed by atoms with Crippen LogP contribution in [0.3, 0.4) is 0 Å². The Morgan fingerprint density at radius 2 is 1.57 bits per heavy atom. The molecule has 0 saturated carbocycles. The minimum atomic E-state index is -4.19. The number of amides is 2. The second-order valence-electron chi connectivity index (χ2n) is 10.4. The molecule has 0 radical (unpaired) electrons. The Morgan fingerprint density at radius 3 is 2.20 bits per heavy atom. The monoisotopic (exact) mass is 695 g/mol. The van der Waals surface area contributed by atoms with Crippen molar-refractivity contribution in [3.05, 3.63) is 129 Å². The van der Waals surface area contributed by atoms with Crippen molar-refractivity contribution >= 4 is 55.1 Å². The summed E-state index contributed by atoms with van der Waals surface area (Å²) >= 11 is 9.50. The van der Waals surface area contributed by atoms with Gasteiger partial charge in [0.1, 0.15) is 12.6 Å². The Morgan fingerprint density at radius 1 is 0.886 bits per heavy atom. The molecular weight excluding hydrogens is 662 g/mol. The number of carbonyl (C=O) groups excluding carboxylic acids is 2. The summed E-state index contributed by atoms with van der Waals surface area (Å²) in [7, 11) is -4.19. The average molecular weight is 697 g/mol. The quantitative estimate of drug-likeness (QED) is 0.167. The van der Waals surface area contributed by atoms with Crippen LogP contribution in [0.1, 0.15) is 30.0 Å². The second-order valence-corrected chi connectivity index (χ2v) is 13.7. The number of halogens is 2. The third kappa shape index (κ3) is 8.71. The lowest BCUT2D eigenvalue weighted by atomic mass is 10.0. The number of carbonyl (C=O) groups is 2. The van der Waals surface area contributed by atoms with Gasteiger partial charge in [0.25, 0.3) is 10.0 Å². The molecule has 0 fully saturated rings. The summed E-state index contributed by atoms with van der Waals surface area (Å²) in [6.45, 7) is 3.85. The maximum absolute atomic E-state index is 14.4. The van der Waals surface area contributed by atoms with Crippen molar-refractivity contribution in [1.82, 2.24) is 10.2 Å².